The van der Waals surface area contributed by atoms with E-state index in [1.165, 1.54) is 13.8 Å². The van der Waals surface area contributed by atoms with E-state index in [0.29, 0.717) is 30.4 Å². The lowest BCUT2D eigenvalue weighted by Crippen LogP contribution is -2.41. The van der Waals surface area contributed by atoms with E-state index in [2.05, 4.69) is 10.6 Å². The Kier molecular flexibility index (Phi) is 4.89. The summed E-state index contributed by atoms with van der Waals surface area (Å²) in [7, 11) is 0. The molecule has 1 aromatic carbocycles. The molecule has 0 atom stereocenters. The smallest absolute Gasteiger partial charge is 0.326 e. The number of hydrogen-bond acceptors (Lipinski definition) is 7. The Morgan fingerprint density at radius 3 is 2.59 bits per heavy atom. The van der Waals surface area contributed by atoms with Gasteiger partial charge in [-0.2, -0.15) is 0 Å². The molecule has 1 saturated heterocycles. The summed E-state index contributed by atoms with van der Waals surface area (Å²) < 4.78 is 15.6. The molecule has 1 aromatic rings. The van der Waals surface area contributed by atoms with E-state index in [4.69, 9.17) is 14.2 Å². The minimum atomic E-state index is -1.08. The number of nitrogens with zero attached hydrogens (tertiary/aromatic N) is 1. The Bertz CT molecular complexity index is 806. The lowest BCUT2D eigenvalue weighted by Gasteiger charge is -2.19. The van der Waals surface area contributed by atoms with Gasteiger partial charge in [0.1, 0.15) is 25.3 Å². The fourth-order valence-electron chi connectivity index (χ4n) is 2.60. The minimum absolute atomic E-state index is 0.418. The zero-order valence-electron chi connectivity index (χ0n) is 14.9. The second-order valence-corrected chi connectivity index (χ2v) is 6.51. The number of benzene rings is 1. The average Bonchev–Trinajstić information content (AvgIpc) is 2.81. The molecule has 0 unspecified atom stereocenters. The van der Waals surface area contributed by atoms with E-state index in [1.807, 2.05) is 0 Å². The summed E-state index contributed by atoms with van der Waals surface area (Å²) >= 11 is 0. The van der Waals surface area contributed by atoms with Crippen molar-refractivity contribution in [3.05, 3.63) is 18.2 Å². The van der Waals surface area contributed by atoms with Crippen molar-refractivity contribution in [2.75, 3.05) is 31.7 Å². The van der Waals surface area contributed by atoms with Crippen LogP contribution in [0.3, 0.4) is 0 Å². The first kappa shape index (κ1) is 18.5. The highest BCUT2D eigenvalue weighted by Crippen LogP contribution is 2.32. The van der Waals surface area contributed by atoms with Crippen LogP contribution in [0.5, 0.6) is 11.5 Å². The third-order valence-electron chi connectivity index (χ3n) is 3.92. The second kappa shape index (κ2) is 7.14. The van der Waals surface area contributed by atoms with Crippen molar-refractivity contribution in [3.63, 3.8) is 0 Å². The van der Waals surface area contributed by atoms with Crippen molar-refractivity contribution in [2.24, 2.45) is 0 Å². The number of rotatable bonds is 5. The molecule has 3 rings (SSSR count). The van der Waals surface area contributed by atoms with Crippen LogP contribution >= 0.6 is 0 Å². The van der Waals surface area contributed by atoms with Gasteiger partial charge in [-0.15, -0.1) is 0 Å². The first-order valence-corrected chi connectivity index (χ1v) is 8.25. The zero-order valence-corrected chi connectivity index (χ0v) is 14.9. The van der Waals surface area contributed by atoms with E-state index in [1.54, 1.807) is 18.2 Å². The van der Waals surface area contributed by atoms with Crippen LogP contribution in [0, 0.1) is 0 Å². The molecule has 2 heterocycles. The number of esters is 1. The molecule has 1 fully saturated rings. The monoisotopic (exact) mass is 377 g/mol. The predicted octanol–water partition coefficient (Wildman–Crippen LogP) is 0.270. The number of hydrogen-bond donors (Lipinski definition) is 2. The van der Waals surface area contributed by atoms with Crippen LogP contribution in [0.1, 0.15) is 13.8 Å². The molecule has 27 heavy (non-hydrogen) atoms. The summed E-state index contributed by atoms with van der Waals surface area (Å²) in [6, 6.07) is 4.21. The molecular weight excluding hydrogens is 358 g/mol. The van der Waals surface area contributed by atoms with E-state index < -0.39 is 42.5 Å². The molecule has 0 radical (unpaired) electrons. The number of nitrogens with one attached hydrogen (secondary N) is 2. The topological polar surface area (TPSA) is 123 Å². The van der Waals surface area contributed by atoms with Crippen molar-refractivity contribution < 1.29 is 33.4 Å². The van der Waals surface area contributed by atoms with Crippen molar-refractivity contribution in [1.29, 1.82) is 0 Å². The molecule has 4 amide bonds. The number of anilines is 1. The number of imide groups is 1. The first-order chi connectivity index (χ1) is 12.8. The van der Waals surface area contributed by atoms with Gasteiger partial charge in [-0.25, -0.2) is 4.79 Å². The standard InChI is InChI=1S/C17H19N3O7/c1-17(2)15(23)20(16(24)19-17)8-14(22)27-9-13(21)18-10-3-4-11-12(7-10)26-6-5-25-11/h3-4,7H,5-6,8-9H2,1-2H3,(H,18,21)(H,19,24). The average molecular weight is 377 g/mol. The van der Waals surface area contributed by atoms with E-state index in [0.717, 1.165) is 4.90 Å². The van der Waals surface area contributed by atoms with Crippen molar-refractivity contribution in [3.8, 4) is 11.5 Å². The summed E-state index contributed by atoms with van der Waals surface area (Å²) in [4.78, 5) is 48.2. The van der Waals surface area contributed by atoms with Gasteiger partial charge in [-0.1, -0.05) is 0 Å². The van der Waals surface area contributed by atoms with E-state index in [-0.39, 0.29) is 0 Å². The van der Waals surface area contributed by atoms with Crippen molar-refractivity contribution in [2.45, 2.75) is 19.4 Å². The van der Waals surface area contributed by atoms with Crippen LogP contribution in [-0.4, -0.2) is 60.6 Å². The molecule has 0 bridgehead atoms. The SMILES string of the molecule is CC1(C)NC(=O)N(CC(=O)OCC(=O)Nc2ccc3c(c2)OCCO3)C1=O. The number of ether oxygens (including phenoxy) is 3. The van der Waals surface area contributed by atoms with Gasteiger partial charge >= 0.3 is 12.0 Å². The van der Waals surface area contributed by atoms with Gasteiger partial charge in [0.25, 0.3) is 11.8 Å². The molecule has 2 aliphatic heterocycles. The minimum Gasteiger partial charge on any atom is -0.486 e. The van der Waals surface area contributed by atoms with Crippen LogP contribution in [-0.2, 0) is 19.1 Å². The highest BCUT2D eigenvalue weighted by Gasteiger charge is 2.45. The summed E-state index contributed by atoms with van der Waals surface area (Å²) in [5, 5.41) is 5.01. The number of fused-ring (bicyclic) bond motifs is 1. The third kappa shape index (κ3) is 4.10. The summed E-state index contributed by atoms with van der Waals surface area (Å²) in [5.41, 5.74) is -0.622. The summed E-state index contributed by atoms with van der Waals surface area (Å²) in [6.07, 6.45) is 0. The van der Waals surface area contributed by atoms with E-state index in [9.17, 15) is 19.2 Å². The molecular formula is C17H19N3O7. The van der Waals surface area contributed by atoms with Gasteiger partial charge in [0.2, 0.25) is 0 Å². The molecule has 0 aromatic heterocycles. The summed E-state index contributed by atoms with van der Waals surface area (Å²) in [6.45, 7) is 2.81. The van der Waals surface area contributed by atoms with Gasteiger partial charge in [-0.05, 0) is 26.0 Å². The highest BCUT2D eigenvalue weighted by atomic mass is 16.6. The summed E-state index contributed by atoms with van der Waals surface area (Å²) in [5.74, 6) is -0.879. The van der Waals surface area contributed by atoms with Crippen LogP contribution in [0.15, 0.2) is 18.2 Å². The first-order valence-electron chi connectivity index (χ1n) is 8.25. The van der Waals surface area contributed by atoms with E-state index >= 15 is 0 Å². The van der Waals surface area contributed by atoms with Crippen LogP contribution in [0.2, 0.25) is 0 Å². The molecule has 2 aliphatic rings. The van der Waals surface area contributed by atoms with Gasteiger partial charge in [0.05, 0.1) is 0 Å². The molecule has 0 saturated carbocycles. The number of carbonyl (C=O) groups excluding carboxylic acids is 4. The molecule has 10 heteroatoms. The van der Waals surface area contributed by atoms with Crippen molar-refractivity contribution in [1.82, 2.24) is 10.2 Å². The van der Waals surface area contributed by atoms with Gasteiger partial charge in [-0.3, -0.25) is 19.3 Å². The number of urea groups is 1. The fraction of sp³-hybridized carbons (Fsp3) is 0.412. The van der Waals surface area contributed by atoms with Gasteiger partial charge < -0.3 is 24.8 Å². The highest BCUT2D eigenvalue weighted by molar-refractivity contribution is 6.08. The van der Waals surface area contributed by atoms with Crippen molar-refractivity contribution >= 4 is 29.5 Å². The molecule has 2 N–H and O–H groups in total. The molecule has 10 nitrogen and oxygen atoms in total. The second-order valence-electron chi connectivity index (χ2n) is 6.51. The Hall–Kier alpha value is -3.30. The quantitative estimate of drug-likeness (QED) is 0.558. The normalized spacial score (nSPS) is 17.3. The van der Waals surface area contributed by atoms with Gasteiger partial charge in [0.15, 0.2) is 18.1 Å². The lowest BCUT2D eigenvalue weighted by atomic mass is 10.1. The van der Waals surface area contributed by atoms with Gasteiger partial charge in [0, 0.05) is 11.8 Å². The zero-order chi connectivity index (χ0) is 19.6. The Morgan fingerprint density at radius 2 is 1.93 bits per heavy atom. The lowest BCUT2D eigenvalue weighted by molar-refractivity contribution is -0.150. The maximum absolute atomic E-state index is 12.0. The number of amides is 4. The Balaban J connectivity index is 1.48. The third-order valence-corrected chi connectivity index (χ3v) is 3.92. The largest absolute Gasteiger partial charge is 0.486 e. The fourth-order valence-corrected chi connectivity index (χ4v) is 2.60. The van der Waals surface area contributed by atoms with Crippen LogP contribution in [0.25, 0.3) is 0 Å². The molecule has 144 valence electrons. The van der Waals surface area contributed by atoms with Crippen LogP contribution in [0.4, 0.5) is 10.5 Å². The van der Waals surface area contributed by atoms with Crippen LogP contribution < -0.4 is 20.1 Å². The number of carbonyl (C=O) groups is 4. The molecule has 0 spiro atoms. The maximum atomic E-state index is 12.0. The molecule has 0 aliphatic carbocycles. The Labute approximate surface area is 154 Å². The predicted molar refractivity (Wildman–Crippen MR) is 91.3 cm³/mol. The Morgan fingerprint density at radius 1 is 1.22 bits per heavy atom. The maximum Gasteiger partial charge on any atom is 0.326 e.